The molecular weight excluding hydrogens is 252 g/mol. The number of hydrogen-bond donors (Lipinski definition) is 2. The third kappa shape index (κ3) is 2.73. The molecule has 0 aromatic carbocycles. The molecule has 1 aliphatic rings. The van der Waals surface area contributed by atoms with Crippen LogP contribution in [0.3, 0.4) is 0 Å². The quantitative estimate of drug-likeness (QED) is 0.827. The number of nitrogens with two attached hydrogens (primary N) is 1. The Balaban J connectivity index is 2.23. The van der Waals surface area contributed by atoms with Gasteiger partial charge in [-0.15, -0.1) is 0 Å². The van der Waals surface area contributed by atoms with Crippen molar-refractivity contribution in [1.82, 2.24) is 15.1 Å². The van der Waals surface area contributed by atoms with E-state index in [9.17, 15) is 8.42 Å². The van der Waals surface area contributed by atoms with Gasteiger partial charge >= 0.3 is 0 Å². The lowest BCUT2D eigenvalue weighted by Gasteiger charge is -2.26. The summed E-state index contributed by atoms with van der Waals surface area (Å²) in [5.41, 5.74) is 0.651. The first kappa shape index (κ1) is 13.5. The second kappa shape index (κ2) is 4.99. The zero-order valence-electron chi connectivity index (χ0n) is 10.8. The zero-order valence-corrected chi connectivity index (χ0v) is 11.6. The Morgan fingerprint density at radius 1 is 1.56 bits per heavy atom. The van der Waals surface area contributed by atoms with Gasteiger partial charge in [-0.2, -0.15) is 5.10 Å². The van der Waals surface area contributed by atoms with Gasteiger partial charge in [-0.25, -0.2) is 13.6 Å². The number of rotatable bonds is 5. The number of aromatic nitrogens is 2. The van der Waals surface area contributed by atoms with Crippen molar-refractivity contribution in [2.24, 2.45) is 5.14 Å². The van der Waals surface area contributed by atoms with Crippen LogP contribution in [0.15, 0.2) is 11.2 Å². The lowest BCUT2D eigenvalue weighted by molar-refractivity contribution is 0.337. The predicted molar refractivity (Wildman–Crippen MR) is 68.5 cm³/mol. The van der Waals surface area contributed by atoms with Crippen molar-refractivity contribution in [2.75, 3.05) is 0 Å². The molecule has 2 rings (SSSR count). The highest BCUT2D eigenvalue weighted by Gasteiger charge is 2.24. The number of sulfonamides is 1. The SMILES string of the molecule is CC(C)n1ncc(CNC2CCC2)c1S(N)(=O)=O. The van der Waals surface area contributed by atoms with Crippen molar-refractivity contribution in [1.29, 1.82) is 0 Å². The third-order valence-electron chi connectivity index (χ3n) is 3.27. The van der Waals surface area contributed by atoms with Crippen LogP contribution in [-0.2, 0) is 16.6 Å². The standard InChI is InChI=1S/C11H20N4O2S/c1-8(2)15-11(18(12,16)17)9(7-14-15)6-13-10-4-3-5-10/h7-8,10,13H,3-6H2,1-2H3,(H2,12,16,17). The fourth-order valence-corrected chi connectivity index (χ4v) is 3.06. The highest BCUT2D eigenvalue weighted by molar-refractivity contribution is 7.89. The van der Waals surface area contributed by atoms with E-state index in [1.165, 1.54) is 11.1 Å². The molecule has 1 aliphatic carbocycles. The van der Waals surface area contributed by atoms with Crippen LogP contribution in [0.25, 0.3) is 0 Å². The fraction of sp³-hybridized carbons (Fsp3) is 0.727. The molecule has 6 nitrogen and oxygen atoms in total. The van der Waals surface area contributed by atoms with E-state index in [4.69, 9.17) is 5.14 Å². The van der Waals surface area contributed by atoms with E-state index < -0.39 is 10.0 Å². The van der Waals surface area contributed by atoms with Crippen LogP contribution in [0.1, 0.15) is 44.7 Å². The van der Waals surface area contributed by atoms with Gasteiger partial charge in [0.25, 0.3) is 10.0 Å². The first-order valence-electron chi connectivity index (χ1n) is 6.22. The molecule has 1 heterocycles. The lowest BCUT2D eigenvalue weighted by Crippen LogP contribution is -2.35. The molecule has 0 aliphatic heterocycles. The van der Waals surface area contributed by atoms with E-state index in [1.54, 1.807) is 6.20 Å². The first-order valence-corrected chi connectivity index (χ1v) is 7.77. The molecule has 0 atom stereocenters. The summed E-state index contributed by atoms with van der Waals surface area (Å²) < 4.78 is 24.8. The van der Waals surface area contributed by atoms with Gasteiger partial charge in [0.2, 0.25) is 0 Å². The Labute approximate surface area is 108 Å². The van der Waals surface area contributed by atoms with Gasteiger partial charge in [0.05, 0.1) is 6.20 Å². The average Bonchev–Trinajstić information content (AvgIpc) is 2.58. The highest BCUT2D eigenvalue weighted by Crippen LogP contribution is 2.21. The summed E-state index contributed by atoms with van der Waals surface area (Å²) in [6, 6.07) is 0.469. The summed E-state index contributed by atoms with van der Waals surface area (Å²) in [4.78, 5) is 0. The Kier molecular flexibility index (Phi) is 3.74. The molecule has 0 spiro atoms. The molecule has 1 aromatic rings. The summed E-state index contributed by atoms with van der Waals surface area (Å²) >= 11 is 0. The smallest absolute Gasteiger partial charge is 0.255 e. The second-order valence-electron chi connectivity index (χ2n) is 5.07. The molecule has 0 bridgehead atoms. The molecule has 1 fully saturated rings. The molecular formula is C11H20N4O2S. The summed E-state index contributed by atoms with van der Waals surface area (Å²) in [6.07, 6.45) is 5.14. The van der Waals surface area contributed by atoms with Crippen LogP contribution in [0.5, 0.6) is 0 Å². The van der Waals surface area contributed by atoms with Crippen molar-refractivity contribution >= 4 is 10.0 Å². The van der Waals surface area contributed by atoms with Crippen LogP contribution in [0.2, 0.25) is 0 Å². The summed E-state index contributed by atoms with van der Waals surface area (Å²) in [5.74, 6) is 0. The molecule has 1 aromatic heterocycles. The topological polar surface area (TPSA) is 90.0 Å². The van der Waals surface area contributed by atoms with Crippen molar-refractivity contribution in [3.05, 3.63) is 11.8 Å². The van der Waals surface area contributed by atoms with Crippen LogP contribution >= 0.6 is 0 Å². The van der Waals surface area contributed by atoms with E-state index in [0.717, 1.165) is 12.8 Å². The minimum Gasteiger partial charge on any atom is -0.310 e. The van der Waals surface area contributed by atoms with Crippen molar-refractivity contribution in [3.8, 4) is 0 Å². The monoisotopic (exact) mass is 272 g/mol. The van der Waals surface area contributed by atoms with Gasteiger partial charge in [-0.3, -0.25) is 4.68 Å². The molecule has 3 N–H and O–H groups in total. The Hall–Kier alpha value is -0.920. The Morgan fingerprint density at radius 3 is 2.67 bits per heavy atom. The maximum Gasteiger partial charge on any atom is 0.255 e. The number of nitrogens with zero attached hydrogens (tertiary/aromatic N) is 2. The Morgan fingerprint density at radius 2 is 2.22 bits per heavy atom. The molecule has 0 amide bonds. The van der Waals surface area contributed by atoms with Crippen LogP contribution in [0.4, 0.5) is 0 Å². The molecule has 7 heteroatoms. The van der Waals surface area contributed by atoms with Gasteiger partial charge in [-0.05, 0) is 26.7 Å². The van der Waals surface area contributed by atoms with Crippen LogP contribution in [-0.4, -0.2) is 24.2 Å². The lowest BCUT2D eigenvalue weighted by atomic mass is 9.93. The molecule has 0 radical (unpaired) electrons. The highest BCUT2D eigenvalue weighted by atomic mass is 32.2. The van der Waals surface area contributed by atoms with E-state index >= 15 is 0 Å². The van der Waals surface area contributed by atoms with E-state index in [1.807, 2.05) is 13.8 Å². The molecule has 0 saturated heterocycles. The van der Waals surface area contributed by atoms with E-state index in [0.29, 0.717) is 18.2 Å². The number of hydrogen-bond acceptors (Lipinski definition) is 4. The van der Waals surface area contributed by atoms with Crippen molar-refractivity contribution in [3.63, 3.8) is 0 Å². The van der Waals surface area contributed by atoms with Crippen molar-refractivity contribution < 1.29 is 8.42 Å². The van der Waals surface area contributed by atoms with Gasteiger partial charge in [0, 0.05) is 24.2 Å². The molecule has 102 valence electrons. The van der Waals surface area contributed by atoms with Gasteiger partial charge in [0.1, 0.15) is 0 Å². The van der Waals surface area contributed by atoms with Gasteiger partial charge < -0.3 is 5.32 Å². The summed E-state index contributed by atoms with van der Waals surface area (Å²) in [5, 5.41) is 12.9. The predicted octanol–water partition coefficient (Wildman–Crippen LogP) is 0.754. The minimum atomic E-state index is -3.74. The number of nitrogens with one attached hydrogen (secondary N) is 1. The van der Waals surface area contributed by atoms with Gasteiger partial charge in [-0.1, -0.05) is 6.42 Å². The molecule has 0 unspecified atom stereocenters. The normalized spacial score (nSPS) is 17.1. The van der Waals surface area contributed by atoms with E-state index in [2.05, 4.69) is 10.4 Å². The van der Waals surface area contributed by atoms with Gasteiger partial charge in [0.15, 0.2) is 5.03 Å². The zero-order chi connectivity index (χ0) is 13.3. The minimum absolute atomic E-state index is 0.0317. The van der Waals surface area contributed by atoms with Crippen LogP contribution < -0.4 is 10.5 Å². The van der Waals surface area contributed by atoms with E-state index in [-0.39, 0.29) is 11.1 Å². The van der Waals surface area contributed by atoms with Crippen LogP contribution in [0, 0.1) is 0 Å². The van der Waals surface area contributed by atoms with Crippen molar-refractivity contribution in [2.45, 2.75) is 56.8 Å². The molecule has 1 saturated carbocycles. The largest absolute Gasteiger partial charge is 0.310 e. The first-order chi connectivity index (χ1) is 8.39. The summed E-state index contributed by atoms with van der Waals surface area (Å²) in [6.45, 7) is 4.26. The number of primary sulfonamides is 1. The third-order valence-corrected chi connectivity index (χ3v) is 4.25. The maximum absolute atomic E-state index is 11.7. The summed E-state index contributed by atoms with van der Waals surface area (Å²) in [7, 11) is -3.74. The fourth-order valence-electron chi connectivity index (χ4n) is 2.06. The second-order valence-corrected chi connectivity index (χ2v) is 6.54. The Bertz CT molecular complexity index is 517. The maximum atomic E-state index is 11.7. The average molecular weight is 272 g/mol. The molecule has 18 heavy (non-hydrogen) atoms.